The molecule has 1 saturated heterocycles. The predicted molar refractivity (Wildman–Crippen MR) is 158 cm³/mol. The number of anilines is 1. The Morgan fingerprint density at radius 3 is 2.34 bits per heavy atom. The molecule has 6 nitrogen and oxygen atoms in total. The number of aryl methyl sites for hydroxylation is 2. The topological polar surface area (TPSA) is 53.4 Å². The van der Waals surface area contributed by atoms with Crippen LogP contribution < -0.4 is 10.2 Å². The lowest BCUT2D eigenvalue weighted by atomic mass is 10.1. The molecule has 0 bridgehead atoms. The Kier molecular flexibility index (Phi) is 12.1. The minimum absolute atomic E-state index is 0. The normalized spacial score (nSPS) is 13.6. The molecule has 4 rings (SSSR count). The largest absolute Gasteiger partial charge is 0.369 e. The molecule has 1 fully saturated rings. The first-order chi connectivity index (χ1) is 17.4. The number of piperazine rings is 1. The summed E-state index contributed by atoms with van der Waals surface area (Å²) in [6, 6.07) is 13.2. The number of hydrogen-bond donors (Lipinski definition) is 1. The van der Waals surface area contributed by atoms with E-state index >= 15 is 0 Å². The van der Waals surface area contributed by atoms with Gasteiger partial charge in [-0.15, -0.1) is 24.8 Å². The van der Waals surface area contributed by atoms with Crippen LogP contribution in [0.1, 0.15) is 52.9 Å². The van der Waals surface area contributed by atoms with Crippen LogP contribution in [0.25, 0.3) is 5.69 Å². The molecule has 0 aliphatic carbocycles. The number of nitrogens with zero attached hydrogens (tertiary/aromatic N) is 4. The minimum atomic E-state index is -0.319. The van der Waals surface area contributed by atoms with Crippen molar-refractivity contribution < 1.29 is 9.18 Å². The zero-order chi connectivity index (χ0) is 25.7. The average molecular weight is 565 g/mol. The molecule has 0 saturated carbocycles. The molecule has 0 unspecified atom stereocenters. The Hall–Kier alpha value is -2.61. The molecule has 2 heterocycles. The van der Waals surface area contributed by atoms with Crippen molar-refractivity contribution >= 4 is 36.4 Å². The number of para-hydroxylation sites is 1. The molecule has 1 amide bonds. The lowest BCUT2D eigenvalue weighted by Crippen LogP contribution is -2.47. The second-order valence-electron chi connectivity index (χ2n) is 9.66. The summed E-state index contributed by atoms with van der Waals surface area (Å²) >= 11 is 0. The number of benzene rings is 2. The van der Waals surface area contributed by atoms with Crippen molar-refractivity contribution in [3.8, 4) is 5.69 Å². The maximum atomic E-state index is 14.5. The molecule has 0 radical (unpaired) electrons. The minimum Gasteiger partial charge on any atom is -0.369 e. The van der Waals surface area contributed by atoms with Crippen molar-refractivity contribution in [1.29, 1.82) is 0 Å². The molecule has 1 N–H and O–H groups in total. The standard InChI is InChI=1S/C29H38FN5O.2ClH/c1-5-10-27-32-28(23(4)35(27)26-13-7-6-12-24(26)30)29(36)31-15-9-16-33-17-19-34(20-18-33)25-14-8-11-21(2)22(25)3;;/h6-8,11-14H,5,9-10,15-20H2,1-4H3,(H,31,36);2*1H. The highest BCUT2D eigenvalue weighted by atomic mass is 35.5. The first-order valence-corrected chi connectivity index (χ1v) is 13.1. The number of carbonyl (C=O) groups excluding carboxylic acids is 1. The molecule has 38 heavy (non-hydrogen) atoms. The molecule has 0 atom stereocenters. The molecule has 0 spiro atoms. The fourth-order valence-corrected chi connectivity index (χ4v) is 5.00. The van der Waals surface area contributed by atoms with Gasteiger partial charge in [0.2, 0.25) is 0 Å². The molecular formula is C29H40Cl2FN5O. The van der Waals surface area contributed by atoms with Crippen LogP contribution in [0.15, 0.2) is 42.5 Å². The van der Waals surface area contributed by atoms with E-state index in [4.69, 9.17) is 0 Å². The van der Waals surface area contributed by atoms with Gasteiger partial charge in [-0.05, 0) is 69.5 Å². The van der Waals surface area contributed by atoms with Gasteiger partial charge in [0.05, 0.1) is 11.4 Å². The van der Waals surface area contributed by atoms with Gasteiger partial charge >= 0.3 is 0 Å². The van der Waals surface area contributed by atoms with E-state index in [1.165, 1.54) is 22.9 Å². The molecule has 1 aliphatic rings. The van der Waals surface area contributed by atoms with Crippen LogP contribution in [0.3, 0.4) is 0 Å². The third-order valence-electron chi connectivity index (χ3n) is 7.18. The molecular weight excluding hydrogens is 524 g/mol. The van der Waals surface area contributed by atoms with Crippen LogP contribution in [-0.4, -0.2) is 59.6 Å². The number of rotatable bonds is 9. The van der Waals surface area contributed by atoms with E-state index in [-0.39, 0.29) is 36.5 Å². The Morgan fingerprint density at radius 1 is 0.974 bits per heavy atom. The number of nitrogens with one attached hydrogen (secondary N) is 1. The Bertz CT molecular complexity index is 1210. The molecule has 9 heteroatoms. The number of hydrogen-bond acceptors (Lipinski definition) is 4. The number of amides is 1. The highest BCUT2D eigenvalue weighted by Crippen LogP contribution is 2.24. The number of imidazole rings is 1. The first kappa shape index (κ1) is 31.6. The Balaban J connectivity index is 0.00000253. The maximum absolute atomic E-state index is 14.5. The maximum Gasteiger partial charge on any atom is 0.271 e. The highest BCUT2D eigenvalue weighted by Gasteiger charge is 2.22. The second kappa shape index (κ2) is 14.5. The Morgan fingerprint density at radius 2 is 1.66 bits per heavy atom. The van der Waals surface area contributed by atoms with E-state index in [0.29, 0.717) is 35.9 Å². The molecule has 2 aromatic carbocycles. The van der Waals surface area contributed by atoms with Gasteiger partial charge in [0.1, 0.15) is 17.3 Å². The monoisotopic (exact) mass is 563 g/mol. The zero-order valence-electron chi connectivity index (χ0n) is 22.8. The van der Waals surface area contributed by atoms with Crippen LogP contribution in [0, 0.1) is 26.6 Å². The van der Waals surface area contributed by atoms with Gasteiger partial charge in [-0.25, -0.2) is 9.37 Å². The van der Waals surface area contributed by atoms with Crippen LogP contribution in [-0.2, 0) is 6.42 Å². The molecule has 1 aromatic heterocycles. The van der Waals surface area contributed by atoms with Gasteiger partial charge in [-0.2, -0.15) is 0 Å². The van der Waals surface area contributed by atoms with Crippen LogP contribution in [0.4, 0.5) is 10.1 Å². The summed E-state index contributed by atoms with van der Waals surface area (Å²) in [6.07, 6.45) is 2.42. The predicted octanol–water partition coefficient (Wildman–Crippen LogP) is 5.67. The molecule has 1 aliphatic heterocycles. The summed E-state index contributed by atoms with van der Waals surface area (Å²) in [5.74, 6) is 0.201. The van der Waals surface area contributed by atoms with Crippen molar-refractivity contribution in [2.75, 3.05) is 44.2 Å². The van der Waals surface area contributed by atoms with Gasteiger partial charge in [0.25, 0.3) is 5.91 Å². The van der Waals surface area contributed by atoms with Gasteiger partial charge in [0.15, 0.2) is 0 Å². The first-order valence-electron chi connectivity index (χ1n) is 13.1. The van der Waals surface area contributed by atoms with Crippen molar-refractivity contribution in [1.82, 2.24) is 19.8 Å². The van der Waals surface area contributed by atoms with Crippen molar-refractivity contribution in [2.45, 2.75) is 47.0 Å². The van der Waals surface area contributed by atoms with E-state index in [2.05, 4.69) is 59.1 Å². The van der Waals surface area contributed by atoms with Crippen molar-refractivity contribution in [2.24, 2.45) is 0 Å². The fraction of sp³-hybridized carbons (Fsp3) is 0.448. The summed E-state index contributed by atoms with van der Waals surface area (Å²) in [4.78, 5) is 22.5. The second-order valence-corrected chi connectivity index (χ2v) is 9.66. The SMILES string of the molecule is CCCc1nc(C(=O)NCCCN2CCN(c3cccc(C)c3C)CC2)c(C)n1-c1ccccc1F.Cl.Cl. The van der Waals surface area contributed by atoms with Crippen LogP contribution in [0.5, 0.6) is 0 Å². The smallest absolute Gasteiger partial charge is 0.271 e. The van der Waals surface area contributed by atoms with Gasteiger partial charge in [-0.1, -0.05) is 31.2 Å². The average Bonchev–Trinajstić information content (AvgIpc) is 3.20. The summed E-state index contributed by atoms with van der Waals surface area (Å²) in [6.45, 7) is 13.9. The third-order valence-corrected chi connectivity index (χ3v) is 7.18. The van der Waals surface area contributed by atoms with E-state index in [1.807, 2.05) is 6.92 Å². The Labute approximate surface area is 238 Å². The van der Waals surface area contributed by atoms with E-state index in [9.17, 15) is 9.18 Å². The number of carbonyl (C=O) groups is 1. The summed E-state index contributed by atoms with van der Waals surface area (Å²) in [5, 5.41) is 3.03. The van der Waals surface area contributed by atoms with Crippen LogP contribution >= 0.6 is 24.8 Å². The van der Waals surface area contributed by atoms with E-state index < -0.39 is 0 Å². The van der Waals surface area contributed by atoms with E-state index in [1.54, 1.807) is 22.8 Å². The van der Waals surface area contributed by atoms with E-state index in [0.717, 1.165) is 45.6 Å². The summed E-state index contributed by atoms with van der Waals surface area (Å²) in [5.41, 5.74) is 5.52. The number of aromatic nitrogens is 2. The highest BCUT2D eigenvalue weighted by molar-refractivity contribution is 5.93. The molecule has 208 valence electrons. The van der Waals surface area contributed by atoms with Crippen molar-refractivity contribution in [3.63, 3.8) is 0 Å². The summed E-state index contributed by atoms with van der Waals surface area (Å²) in [7, 11) is 0. The van der Waals surface area contributed by atoms with Crippen molar-refractivity contribution in [3.05, 3.63) is 76.6 Å². The third kappa shape index (κ3) is 7.07. The fourth-order valence-electron chi connectivity index (χ4n) is 5.00. The van der Waals surface area contributed by atoms with Crippen LogP contribution in [0.2, 0.25) is 0 Å². The lowest BCUT2D eigenvalue weighted by Gasteiger charge is -2.37. The quantitative estimate of drug-likeness (QED) is 0.340. The summed E-state index contributed by atoms with van der Waals surface area (Å²) < 4.78 is 16.3. The number of halogens is 3. The van der Waals surface area contributed by atoms with Gasteiger partial charge < -0.3 is 10.2 Å². The van der Waals surface area contributed by atoms with Gasteiger partial charge in [-0.3, -0.25) is 14.3 Å². The molecule has 3 aromatic rings. The van der Waals surface area contributed by atoms with Gasteiger partial charge in [0, 0.05) is 44.8 Å². The zero-order valence-corrected chi connectivity index (χ0v) is 24.4. The lowest BCUT2D eigenvalue weighted by molar-refractivity contribution is 0.0946.